The highest BCUT2D eigenvalue weighted by Crippen LogP contribution is 2.30. The van der Waals surface area contributed by atoms with Crippen molar-refractivity contribution < 1.29 is 14.3 Å². The Morgan fingerprint density at radius 1 is 0.909 bits per heavy atom. The Morgan fingerprint density at radius 3 is 2.39 bits per heavy atom. The van der Waals surface area contributed by atoms with Crippen LogP contribution in [0.5, 0.6) is 5.75 Å². The lowest BCUT2D eigenvalue weighted by atomic mass is 10.1. The molecule has 1 fully saturated rings. The molecule has 1 aliphatic rings. The molecule has 2 amide bonds. The van der Waals surface area contributed by atoms with E-state index in [1.165, 1.54) is 0 Å². The molecule has 7 heteroatoms. The average molecular weight is 508 g/mol. The first-order valence-electron chi connectivity index (χ1n) is 10.8. The van der Waals surface area contributed by atoms with Crippen molar-refractivity contribution in [1.82, 2.24) is 9.80 Å². The molecule has 0 spiro atoms. The summed E-state index contributed by atoms with van der Waals surface area (Å²) in [5.74, 6) is 0.278. The zero-order valence-electron chi connectivity index (χ0n) is 18.5. The zero-order valence-corrected chi connectivity index (χ0v) is 20.0. The van der Waals surface area contributed by atoms with E-state index < -0.39 is 0 Å². The smallest absolute Gasteiger partial charge is 0.262 e. The third-order valence-electron chi connectivity index (χ3n) is 5.58. The minimum atomic E-state index is -0.293. The van der Waals surface area contributed by atoms with Crippen molar-refractivity contribution in [3.05, 3.63) is 82.8 Å². The molecule has 170 valence electrons. The van der Waals surface area contributed by atoms with Crippen LogP contribution in [0.25, 0.3) is 11.1 Å². The molecule has 0 radical (unpaired) electrons. The Labute approximate surface area is 202 Å². The summed E-state index contributed by atoms with van der Waals surface area (Å²) in [6, 6.07) is 22.8. The van der Waals surface area contributed by atoms with Crippen LogP contribution in [0.15, 0.2) is 77.3 Å². The first-order valence-corrected chi connectivity index (χ1v) is 11.6. The van der Waals surface area contributed by atoms with Crippen molar-refractivity contribution >= 4 is 33.4 Å². The summed E-state index contributed by atoms with van der Waals surface area (Å²) in [5.41, 5.74) is 3.30. The van der Waals surface area contributed by atoms with Crippen molar-refractivity contribution in [1.29, 1.82) is 0 Å². The van der Waals surface area contributed by atoms with Gasteiger partial charge in [0, 0.05) is 37.4 Å². The summed E-state index contributed by atoms with van der Waals surface area (Å²) in [5, 5.41) is 2.82. The number of carbonyl (C=O) groups is 2. The highest BCUT2D eigenvalue weighted by atomic mass is 79.9. The number of nitrogens with zero attached hydrogens (tertiary/aromatic N) is 2. The first-order chi connectivity index (χ1) is 16.0. The Balaban J connectivity index is 1.34. The number of halogens is 1. The summed E-state index contributed by atoms with van der Waals surface area (Å²) >= 11 is 3.53. The van der Waals surface area contributed by atoms with Crippen LogP contribution >= 0.6 is 15.9 Å². The summed E-state index contributed by atoms with van der Waals surface area (Å²) in [7, 11) is 2.05. The van der Waals surface area contributed by atoms with E-state index >= 15 is 0 Å². The summed E-state index contributed by atoms with van der Waals surface area (Å²) < 4.78 is 6.48. The molecule has 1 saturated heterocycles. The lowest BCUT2D eigenvalue weighted by molar-refractivity contribution is -0.118. The Kier molecular flexibility index (Phi) is 7.42. The molecule has 33 heavy (non-hydrogen) atoms. The van der Waals surface area contributed by atoms with E-state index in [-0.39, 0.29) is 18.4 Å². The van der Waals surface area contributed by atoms with Gasteiger partial charge in [0.15, 0.2) is 6.61 Å². The summed E-state index contributed by atoms with van der Waals surface area (Å²) in [6.45, 7) is 3.00. The van der Waals surface area contributed by atoms with Crippen molar-refractivity contribution in [3.63, 3.8) is 0 Å². The molecule has 3 aromatic rings. The molecule has 0 saturated carbocycles. The van der Waals surface area contributed by atoms with Crippen LogP contribution in [-0.4, -0.2) is 61.4 Å². The van der Waals surface area contributed by atoms with Crippen LogP contribution in [-0.2, 0) is 4.79 Å². The van der Waals surface area contributed by atoms with Crippen LogP contribution in [0.3, 0.4) is 0 Å². The van der Waals surface area contributed by atoms with Crippen LogP contribution in [0.1, 0.15) is 10.4 Å². The Morgan fingerprint density at radius 2 is 1.67 bits per heavy atom. The van der Waals surface area contributed by atoms with Gasteiger partial charge in [-0.2, -0.15) is 0 Å². The molecule has 1 N–H and O–H groups in total. The van der Waals surface area contributed by atoms with Crippen LogP contribution < -0.4 is 10.1 Å². The maximum absolute atomic E-state index is 12.8. The van der Waals surface area contributed by atoms with Crippen molar-refractivity contribution in [2.75, 3.05) is 45.2 Å². The lowest BCUT2D eigenvalue weighted by Crippen LogP contribution is -2.47. The third kappa shape index (κ3) is 6.00. The van der Waals surface area contributed by atoms with E-state index in [0.717, 1.165) is 28.7 Å². The second-order valence-corrected chi connectivity index (χ2v) is 8.88. The standard InChI is InChI=1S/C26H26BrN3O3/c1-29-12-14-30(15-13-29)26(32)21-8-5-9-22(16-21)28-25(31)18-33-24-11-10-20(17-23(24)27)19-6-3-2-4-7-19/h2-11,16-17H,12-15,18H2,1H3,(H,28,31). The molecule has 0 aliphatic carbocycles. The number of hydrogen-bond acceptors (Lipinski definition) is 4. The Hall–Kier alpha value is -3.16. The van der Waals surface area contributed by atoms with E-state index in [2.05, 4.69) is 33.2 Å². The largest absolute Gasteiger partial charge is 0.483 e. The summed E-state index contributed by atoms with van der Waals surface area (Å²) in [4.78, 5) is 29.3. The quantitative estimate of drug-likeness (QED) is 0.532. The SMILES string of the molecule is CN1CCN(C(=O)c2cccc(NC(=O)COc3ccc(-c4ccccc4)cc3Br)c2)CC1. The zero-order chi connectivity index (χ0) is 23.2. The van der Waals surface area contributed by atoms with Gasteiger partial charge in [-0.15, -0.1) is 0 Å². The van der Waals surface area contributed by atoms with Gasteiger partial charge < -0.3 is 19.9 Å². The van der Waals surface area contributed by atoms with Gasteiger partial charge in [0.25, 0.3) is 11.8 Å². The molecule has 0 aromatic heterocycles. The molecule has 1 heterocycles. The van der Waals surface area contributed by atoms with Gasteiger partial charge in [-0.3, -0.25) is 9.59 Å². The molecule has 3 aromatic carbocycles. The van der Waals surface area contributed by atoms with Gasteiger partial charge in [-0.1, -0.05) is 42.5 Å². The first kappa shape index (κ1) is 23.0. The molecular weight excluding hydrogens is 482 g/mol. The highest BCUT2D eigenvalue weighted by molar-refractivity contribution is 9.10. The molecule has 0 atom stereocenters. The van der Waals surface area contributed by atoms with E-state index in [4.69, 9.17) is 4.74 Å². The number of amides is 2. The van der Waals surface area contributed by atoms with E-state index in [1.807, 2.05) is 53.4 Å². The van der Waals surface area contributed by atoms with Crippen molar-refractivity contribution in [2.45, 2.75) is 0 Å². The minimum Gasteiger partial charge on any atom is -0.483 e. The number of anilines is 1. The monoisotopic (exact) mass is 507 g/mol. The molecule has 6 nitrogen and oxygen atoms in total. The fraction of sp³-hybridized carbons (Fsp3) is 0.231. The number of carbonyl (C=O) groups excluding carboxylic acids is 2. The summed E-state index contributed by atoms with van der Waals surface area (Å²) in [6.07, 6.45) is 0. The van der Waals surface area contributed by atoms with Crippen molar-refractivity contribution in [3.8, 4) is 16.9 Å². The van der Waals surface area contributed by atoms with Crippen molar-refractivity contribution in [2.24, 2.45) is 0 Å². The number of likely N-dealkylation sites (N-methyl/N-ethyl adjacent to an activating group) is 1. The normalized spacial score (nSPS) is 14.1. The molecule has 0 unspecified atom stereocenters. The van der Waals surface area contributed by atoms with Crippen LogP contribution in [0.2, 0.25) is 0 Å². The van der Waals surface area contributed by atoms with Gasteiger partial charge in [0.05, 0.1) is 4.47 Å². The number of ether oxygens (including phenoxy) is 1. The third-order valence-corrected chi connectivity index (χ3v) is 6.20. The molecule has 0 bridgehead atoms. The molecular formula is C26H26BrN3O3. The van der Waals surface area contributed by atoms with Gasteiger partial charge in [0.1, 0.15) is 5.75 Å². The maximum Gasteiger partial charge on any atom is 0.262 e. The van der Waals surface area contributed by atoms with Crippen LogP contribution in [0, 0.1) is 0 Å². The van der Waals surface area contributed by atoms with Gasteiger partial charge in [-0.25, -0.2) is 0 Å². The number of piperazine rings is 1. The second kappa shape index (κ2) is 10.6. The molecule has 1 aliphatic heterocycles. The predicted molar refractivity (Wildman–Crippen MR) is 134 cm³/mol. The van der Waals surface area contributed by atoms with Gasteiger partial charge >= 0.3 is 0 Å². The van der Waals surface area contributed by atoms with Gasteiger partial charge in [-0.05, 0) is 64.4 Å². The van der Waals surface area contributed by atoms with Crippen LogP contribution in [0.4, 0.5) is 5.69 Å². The topological polar surface area (TPSA) is 61.9 Å². The van der Waals surface area contributed by atoms with Gasteiger partial charge in [0.2, 0.25) is 0 Å². The van der Waals surface area contributed by atoms with E-state index in [0.29, 0.717) is 30.1 Å². The highest BCUT2D eigenvalue weighted by Gasteiger charge is 2.20. The lowest BCUT2D eigenvalue weighted by Gasteiger charge is -2.32. The van der Waals surface area contributed by atoms with E-state index in [1.54, 1.807) is 24.3 Å². The fourth-order valence-electron chi connectivity index (χ4n) is 3.69. The number of rotatable bonds is 6. The predicted octanol–water partition coefficient (Wildman–Crippen LogP) is 4.52. The minimum absolute atomic E-state index is 0.0158. The average Bonchev–Trinajstić information content (AvgIpc) is 2.84. The number of benzene rings is 3. The molecule has 4 rings (SSSR count). The maximum atomic E-state index is 12.8. The fourth-order valence-corrected chi connectivity index (χ4v) is 4.18. The second-order valence-electron chi connectivity index (χ2n) is 8.02. The van der Waals surface area contributed by atoms with E-state index in [9.17, 15) is 9.59 Å². The number of hydrogen-bond donors (Lipinski definition) is 1. The number of nitrogens with one attached hydrogen (secondary N) is 1. The Bertz CT molecular complexity index is 1130.